The summed E-state index contributed by atoms with van der Waals surface area (Å²) in [5.74, 6) is 0. The molecule has 0 amide bonds. The van der Waals surface area contributed by atoms with Gasteiger partial charge in [0.05, 0.1) is 6.33 Å². The van der Waals surface area contributed by atoms with E-state index in [9.17, 15) is 9.59 Å². The van der Waals surface area contributed by atoms with Crippen LogP contribution >= 0.6 is 0 Å². The zero-order valence-corrected chi connectivity index (χ0v) is 6.74. The number of hydrogen-bond acceptors (Lipinski definition) is 4. The zero-order valence-electron chi connectivity index (χ0n) is 6.74. The van der Waals surface area contributed by atoms with Crippen LogP contribution in [0.15, 0.2) is 15.9 Å². The quantitative estimate of drug-likeness (QED) is 0.389. The lowest BCUT2D eigenvalue weighted by Gasteiger charge is -1.93. The minimum atomic E-state index is -0.903. The summed E-state index contributed by atoms with van der Waals surface area (Å²) in [4.78, 5) is 29.7. The predicted molar refractivity (Wildman–Crippen MR) is 45.4 cm³/mol. The summed E-state index contributed by atoms with van der Waals surface area (Å²) in [7, 11) is 0. The first-order valence-corrected chi connectivity index (χ1v) is 3.08. The van der Waals surface area contributed by atoms with Gasteiger partial charge in [0.25, 0.3) is 5.56 Å². The molecule has 0 aromatic carbocycles. The van der Waals surface area contributed by atoms with Gasteiger partial charge in [-0.15, -0.1) is 4.73 Å². The number of rotatable bonds is 0. The van der Waals surface area contributed by atoms with Crippen LogP contribution in [0.5, 0.6) is 0 Å². The van der Waals surface area contributed by atoms with Crippen LogP contribution in [0.2, 0.25) is 0 Å². The van der Waals surface area contributed by atoms with Crippen molar-refractivity contribution in [3.05, 3.63) is 27.2 Å². The third kappa shape index (κ3) is 1.36. The largest absolute Gasteiger partial charge is 0.422 e. The maximum Gasteiger partial charge on any atom is 0.363 e. The van der Waals surface area contributed by atoms with E-state index in [-0.39, 0.29) is 26.8 Å². The van der Waals surface area contributed by atoms with E-state index in [1.54, 1.807) is 0 Å². The summed E-state index contributed by atoms with van der Waals surface area (Å²) in [6.07, 6.45) is 1.21. The summed E-state index contributed by atoms with van der Waals surface area (Å²) < 4.78 is 0.271. The SMILES string of the molecule is O.O.O=c1[nH]c(=O)n(O)c2nc[nH]c12. The summed E-state index contributed by atoms with van der Waals surface area (Å²) in [5.41, 5.74) is -1.52. The average Bonchev–Trinajstić information content (AvgIpc) is 2.48. The normalized spacial score (nSPS) is 9.14. The predicted octanol–water partition coefficient (Wildman–Crippen LogP) is -3.00. The lowest BCUT2D eigenvalue weighted by atomic mass is 10.5. The average molecular weight is 204 g/mol. The Morgan fingerprint density at radius 2 is 2.00 bits per heavy atom. The van der Waals surface area contributed by atoms with Crippen LogP contribution in [0.1, 0.15) is 0 Å². The number of imidazole rings is 1. The van der Waals surface area contributed by atoms with E-state index in [1.165, 1.54) is 6.33 Å². The number of aromatic amines is 2. The Morgan fingerprint density at radius 1 is 1.36 bits per heavy atom. The lowest BCUT2D eigenvalue weighted by molar-refractivity contribution is 0.182. The van der Waals surface area contributed by atoms with E-state index < -0.39 is 11.2 Å². The minimum absolute atomic E-state index is 0. The Morgan fingerprint density at radius 3 is 2.64 bits per heavy atom. The zero-order chi connectivity index (χ0) is 8.72. The number of nitrogens with one attached hydrogen (secondary N) is 2. The second-order valence-electron chi connectivity index (χ2n) is 2.17. The van der Waals surface area contributed by atoms with E-state index in [0.29, 0.717) is 0 Å². The van der Waals surface area contributed by atoms with Gasteiger partial charge in [-0.3, -0.25) is 9.78 Å². The molecule has 0 unspecified atom stereocenters. The second-order valence-corrected chi connectivity index (χ2v) is 2.17. The van der Waals surface area contributed by atoms with Gasteiger partial charge in [0, 0.05) is 0 Å². The highest BCUT2D eigenvalue weighted by molar-refractivity contribution is 5.67. The molecule has 9 nitrogen and oxygen atoms in total. The molecule has 0 aliphatic carbocycles. The maximum absolute atomic E-state index is 11.0. The van der Waals surface area contributed by atoms with E-state index in [0.717, 1.165) is 0 Å². The topological polar surface area (TPSA) is 167 Å². The Hall–Kier alpha value is -2.13. The first-order valence-electron chi connectivity index (χ1n) is 3.08. The van der Waals surface area contributed by atoms with Crippen molar-refractivity contribution in [2.45, 2.75) is 0 Å². The molecule has 0 fully saturated rings. The van der Waals surface area contributed by atoms with E-state index in [4.69, 9.17) is 5.21 Å². The first kappa shape index (κ1) is 11.9. The summed E-state index contributed by atoms with van der Waals surface area (Å²) >= 11 is 0. The molecule has 2 heterocycles. The van der Waals surface area contributed by atoms with Crippen molar-refractivity contribution in [3.63, 3.8) is 0 Å². The van der Waals surface area contributed by atoms with Crippen LogP contribution in [0.4, 0.5) is 0 Å². The highest BCUT2D eigenvalue weighted by Gasteiger charge is 2.06. The fourth-order valence-electron chi connectivity index (χ4n) is 0.924. The molecule has 2 rings (SSSR count). The first-order chi connectivity index (χ1) is 5.70. The minimum Gasteiger partial charge on any atom is -0.422 e. The molecule has 7 N–H and O–H groups in total. The molecule has 0 aliphatic rings. The second kappa shape index (κ2) is 3.72. The molecule has 14 heavy (non-hydrogen) atoms. The van der Waals surface area contributed by atoms with Crippen molar-refractivity contribution in [2.75, 3.05) is 0 Å². The number of hydrogen-bond donors (Lipinski definition) is 3. The standard InChI is InChI=1S/C5H4N4O3.2H2O/c10-4-2-3(7-1-6-2)9(12)5(11)8-4;;/h1,12H,(H,6,7)(H,8,10,11);2*1H2. The van der Waals surface area contributed by atoms with Gasteiger partial charge in [-0.2, -0.15) is 0 Å². The van der Waals surface area contributed by atoms with Gasteiger partial charge in [-0.1, -0.05) is 0 Å². The Bertz CT molecular complexity index is 537. The van der Waals surface area contributed by atoms with Crippen LogP contribution in [0.25, 0.3) is 11.2 Å². The molecular weight excluding hydrogens is 196 g/mol. The summed E-state index contributed by atoms with van der Waals surface area (Å²) in [6, 6.07) is 0. The van der Waals surface area contributed by atoms with Crippen molar-refractivity contribution in [1.29, 1.82) is 0 Å². The van der Waals surface area contributed by atoms with Gasteiger partial charge in [0.1, 0.15) is 0 Å². The highest BCUT2D eigenvalue weighted by Crippen LogP contribution is 1.95. The van der Waals surface area contributed by atoms with E-state index >= 15 is 0 Å². The molecule has 78 valence electrons. The summed E-state index contributed by atoms with van der Waals surface area (Å²) in [5, 5.41) is 9.02. The molecule has 0 aliphatic heterocycles. The van der Waals surface area contributed by atoms with Crippen LogP contribution in [0.3, 0.4) is 0 Å². The molecule has 2 aromatic rings. The van der Waals surface area contributed by atoms with Crippen molar-refractivity contribution in [3.8, 4) is 0 Å². The van der Waals surface area contributed by atoms with Crippen LogP contribution in [0, 0.1) is 0 Å². The molecule has 2 aromatic heterocycles. The van der Waals surface area contributed by atoms with Crippen molar-refractivity contribution < 1.29 is 16.2 Å². The Labute approximate surface area is 75.2 Å². The smallest absolute Gasteiger partial charge is 0.363 e. The fourth-order valence-corrected chi connectivity index (χ4v) is 0.924. The van der Waals surface area contributed by atoms with Crippen molar-refractivity contribution >= 4 is 11.2 Å². The number of fused-ring (bicyclic) bond motifs is 1. The molecular formula is C5H8N4O5. The van der Waals surface area contributed by atoms with E-state index in [1.807, 2.05) is 4.98 Å². The van der Waals surface area contributed by atoms with Gasteiger partial charge in [0.2, 0.25) is 5.65 Å². The Balaban J connectivity index is 0.000000845. The van der Waals surface area contributed by atoms with Crippen molar-refractivity contribution in [2.24, 2.45) is 0 Å². The number of H-pyrrole nitrogens is 2. The van der Waals surface area contributed by atoms with E-state index in [2.05, 4.69) is 9.97 Å². The monoisotopic (exact) mass is 204 g/mol. The van der Waals surface area contributed by atoms with Gasteiger partial charge in [-0.25, -0.2) is 9.78 Å². The lowest BCUT2D eigenvalue weighted by Crippen LogP contribution is -2.28. The molecule has 0 spiro atoms. The van der Waals surface area contributed by atoms with Crippen LogP contribution in [-0.2, 0) is 0 Å². The van der Waals surface area contributed by atoms with Gasteiger partial charge in [0.15, 0.2) is 5.52 Å². The maximum atomic E-state index is 11.0. The summed E-state index contributed by atoms with van der Waals surface area (Å²) in [6.45, 7) is 0. The van der Waals surface area contributed by atoms with Gasteiger partial charge < -0.3 is 21.1 Å². The Kier molecular flexibility index (Phi) is 3.15. The molecule has 9 heteroatoms. The molecule has 0 bridgehead atoms. The molecule has 0 radical (unpaired) electrons. The molecule has 0 atom stereocenters. The molecule has 0 saturated heterocycles. The number of nitrogens with zero attached hydrogens (tertiary/aromatic N) is 2. The highest BCUT2D eigenvalue weighted by atomic mass is 16.5. The van der Waals surface area contributed by atoms with Crippen LogP contribution in [-0.4, -0.2) is 35.8 Å². The van der Waals surface area contributed by atoms with Gasteiger partial charge in [-0.05, 0) is 0 Å². The van der Waals surface area contributed by atoms with Crippen LogP contribution < -0.4 is 11.2 Å². The third-order valence-electron chi connectivity index (χ3n) is 1.46. The van der Waals surface area contributed by atoms with Crippen molar-refractivity contribution in [1.82, 2.24) is 19.7 Å². The number of aromatic nitrogens is 4. The van der Waals surface area contributed by atoms with Gasteiger partial charge >= 0.3 is 5.69 Å². The fraction of sp³-hybridized carbons (Fsp3) is 0. The third-order valence-corrected chi connectivity index (χ3v) is 1.46. The molecule has 0 saturated carbocycles.